The molecule has 112 valence electrons. The highest BCUT2D eigenvalue weighted by Gasteiger charge is 2.31. The summed E-state index contributed by atoms with van der Waals surface area (Å²) in [7, 11) is -4.49. The highest BCUT2D eigenvalue weighted by atomic mass is 32.2. The van der Waals surface area contributed by atoms with Gasteiger partial charge in [-0.25, -0.2) is 8.42 Å². The van der Waals surface area contributed by atoms with E-state index in [0.29, 0.717) is 12.0 Å². The number of halogens is 2. The molecular formula is C14H19F2NO2S. The first-order valence-electron chi connectivity index (χ1n) is 6.79. The Morgan fingerprint density at radius 1 is 1.25 bits per heavy atom. The highest BCUT2D eigenvalue weighted by Crippen LogP contribution is 2.34. The second kappa shape index (κ2) is 6.18. The molecule has 0 spiro atoms. The number of likely N-dealkylation sites (N-methyl/N-ethyl adjacent to an activating group) is 1. The van der Waals surface area contributed by atoms with Gasteiger partial charge in [0, 0.05) is 6.04 Å². The van der Waals surface area contributed by atoms with E-state index in [1.54, 1.807) is 12.1 Å². The van der Waals surface area contributed by atoms with E-state index in [1.165, 1.54) is 25.0 Å². The van der Waals surface area contributed by atoms with Crippen LogP contribution in [0.25, 0.3) is 0 Å². The van der Waals surface area contributed by atoms with Gasteiger partial charge >= 0.3 is 5.76 Å². The van der Waals surface area contributed by atoms with Gasteiger partial charge in [0.25, 0.3) is 0 Å². The Bertz CT molecular complexity index is 539. The molecule has 1 atom stereocenters. The van der Waals surface area contributed by atoms with Crippen LogP contribution in [-0.2, 0) is 16.3 Å². The molecular weight excluding hydrogens is 284 g/mol. The summed E-state index contributed by atoms with van der Waals surface area (Å²) in [5.74, 6) is -2.69. The molecule has 3 nitrogen and oxygen atoms in total. The Labute approximate surface area is 118 Å². The average molecular weight is 303 g/mol. The van der Waals surface area contributed by atoms with Gasteiger partial charge in [0.2, 0.25) is 9.84 Å². The van der Waals surface area contributed by atoms with Crippen LogP contribution in [0.1, 0.15) is 25.3 Å². The molecule has 0 aliphatic heterocycles. The first kappa shape index (κ1) is 15.4. The lowest BCUT2D eigenvalue weighted by Gasteiger charge is -2.17. The molecule has 1 aliphatic rings. The smallest absolute Gasteiger partial charge is 0.314 e. The van der Waals surface area contributed by atoms with Gasteiger partial charge < -0.3 is 5.32 Å². The van der Waals surface area contributed by atoms with Gasteiger partial charge in [-0.05, 0) is 49.4 Å². The van der Waals surface area contributed by atoms with E-state index in [1.807, 2.05) is 6.92 Å². The third-order valence-corrected chi connectivity index (χ3v) is 5.00. The van der Waals surface area contributed by atoms with E-state index in [2.05, 4.69) is 5.32 Å². The fourth-order valence-electron chi connectivity index (χ4n) is 2.34. The molecule has 1 fully saturated rings. The van der Waals surface area contributed by atoms with Crippen molar-refractivity contribution in [1.29, 1.82) is 0 Å². The number of hydrogen-bond acceptors (Lipinski definition) is 3. The maximum absolute atomic E-state index is 12.4. The zero-order valence-electron chi connectivity index (χ0n) is 11.4. The minimum atomic E-state index is -4.49. The Balaban J connectivity index is 2.08. The van der Waals surface area contributed by atoms with Crippen molar-refractivity contribution in [3.8, 4) is 0 Å². The molecule has 1 unspecified atom stereocenters. The summed E-state index contributed by atoms with van der Waals surface area (Å²) >= 11 is 0. The van der Waals surface area contributed by atoms with Crippen molar-refractivity contribution in [3.63, 3.8) is 0 Å². The van der Waals surface area contributed by atoms with E-state index in [0.717, 1.165) is 18.5 Å². The van der Waals surface area contributed by atoms with Crippen molar-refractivity contribution in [2.45, 2.75) is 42.9 Å². The number of rotatable bonds is 7. The third kappa shape index (κ3) is 3.55. The van der Waals surface area contributed by atoms with Crippen molar-refractivity contribution >= 4 is 9.84 Å². The van der Waals surface area contributed by atoms with Crippen molar-refractivity contribution in [3.05, 3.63) is 29.8 Å². The molecule has 1 aromatic carbocycles. The summed E-state index contributed by atoms with van der Waals surface area (Å²) in [4.78, 5) is -0.317. The van der Waals surface area contributed by atoms with E-state index in [4.69, 9.17) is 0 Å². The van der Waals surface area contributed by atoms with Crippen molar-refractivity contribution < 1.29 is 17.2 Å². The maximum atomic E-state index is 12.4. The molecule has 0 radical (unpaired) electrons. The van der Waals surface area contributed by atoms with Crippen LogP contribution in [0.2, 0.25) is 0 Å². The number of benzene rings is 1. The lowest BCUT2D eigenvalue weighted by molar-refractivity contribution is 0.234. The topological polar surface area (TPSA) is 46.2 Å². The van der Waals surface area contributed by atoms with Gasteiger partial charge in [-0.1, -0.05) is 19.1 Å². The largest absolute Gasteiger partial charge is 0.341 e. The molecule has 6 heteroatoms. The Kier molecular flexibility index (Phi) is 4.75. The van der Waals surface area contributed by atoms with Gasteiger partial charge in [0.1, 0.15) is 0 Å². The lowest BCUT2D eigenvalue weighted by Crippen LogP contribution is -2.32. The number of alkyl halides is 2. The van der Waals surface area contributed by atoms with Crippen molar-refractivity contribution in [1.82, 2.24) is 5.32 Å². The molecule has 1 N–H and O–H groups in total. The predicted molar refractivity (Wildman–Crippen MR) is 73.5 cm³/mol. The van der Waals surface area contributed by atoms with Crippen LogP contribution in [0, 0.1) is 5.92 Å². The minimum absolute atomic E-state index is 0.317. The third-order valence-electron chi connectivity index (χ3n) is 3.60. The fraction of sp³-hybridized carbons (Fsp3) is 0.571. The Hall–Kier alpha value is -1.01. The van der Waals surface area contributed by atoms with Gasteiger partial charge in [0.15, 0.2) is 0 Å². The second-order valence-electron chi connectivity index (χ2n) is 5.16. The van der Waals surface area contributed by atoms with Crippen LogP contribution in [0.5, 0.6) is 0 Å². The highest BCUT2D eigenvalue weighted by molar-refractivity contribution is 7.91. The molecule has 0 saturated heterocycles. The zero-order valence-corrected chi connectivity index (χ0v) is 12.2. The predicted octanol–water partition coefficient (Wildman–Crippen LogP) is 2.61. The number of hydrogen-bond donors (Lipinski definition) is 1. The summed E-state index contributed by atoms with van der Waals surface area (Å²) in [6, 6.07) is 6.18. The Morgan fingerprint density at radius 2 is 1.85 bits per heavy atom. The van der Waals surface area contributed by atoms with E-state index in [9.17, 15) is 17.2 Å². The molecule has 0 bridgehead atoms. The van der Waals surface area contributed by atoms with Gasteiger partial charge in [-0.3, -0.25) is 0 Å². The molecule has 1 saturated carbocycles. The van der Waals surface area contributed by atoms with Crippen LogP contribution in [-0.4, -0.2) is 26.8 Å². The van der Waals surface area contributed by atoms with Crippen molar-refractivity contribution in [2.75, 3.05) is 6.54 Å². The SMILES string of the molecule is CCNC(Cc1ccc(S(=O)(=O)C(F)F)cc1)C1CC1. The lowest BCUT2D eigenvalue weighted by atomic mass is 10.0. The monoisotopic (exact) mass is 303 g/mol. The summed E-state index contributed by atoms with van der Waals surface area (Å²) in [6.45, 7) is 2.94. The standard InChI is InChI=1S/C14H19F2NO2S/c1-2-17-13(11-5-6-11)9-10-3-7-12(8-4-10)20(18,19)14(15)16/h3-4,7-8,11,13-14,17H,2,5-6,9H2,1H3. The summed E-state index contributed by atoms with van der Waals surface area (Å²) in [5, 5.41) is 3.42. The number of nitrogens with one attached hydrogen (secondary N) is 1. The van der Waals surface area contributed by atoms with Crippen LogP contribution in [0.4, 0.5) is 8.78 Å². The van der Waals surface area contributed by atoms with Gasteiger partial charge in [-0.15, -0.1) is 0 Å². The Morgan fingerprint density at radius 3 is 2.30 bits per heavy atom. The summed E-state index contributed by atoms with van der Waals surface area (Å²) in [5.41, 5.74) is 0.969. The van der Waals surface area contributed by atoms with Crippen LogP contribution in [0.3, 0.4) is 0 Å². The van der Waals surface area contributed by atoms with Gasteiger partial charge in [0.05, 0.1) is 4.90 Å². The molecule has 2 rings (SSSR count). The zero-order chi connectivity index (χ0) is 14.8. The van der Waals surface area contributed by atoms with E-state index >= 15 is 0 Å². The maximum Gasteiger partial charge on any atom is 0.341 e. The normalized spacial score (nSPS) is 17.4. The van der Waals surface area contributed by atoms with Crippen LogP contribution >= 0.6 is 0 Å². The second-order valence-corrected chi connectivity index (χ2v) is 7.07. The van der Waals surface area contributed by atoms with Gasteiger partial charge in [-0.2, -0.15) is 8.78 Å². The summed E-state index contributed by atoms with van der Waals surface area (Å²) in [6.07, 6.45) is 3.23. The molecule has 1 aromatic rings. The molecule has 0 aromatic heterocycles. The molecule has 0 amide bonds. The first-order chi connectivity index (χ1) is 9.45. The van der Waals surface area contributed by atoms with Crippen LogP contribution in [0.15, 0.2) is 29.2 Å². The summed E-state index contributed by atoms with van der Waals surface area (Å²) < 4.78 is 47.5. The minimum Gasteiger partial charge on any atom is -0.314 e. The van der Waals surface area contributed by atoms with Crippen molar-refractivity contribution in [2.24, 2.45) is 5.92 Å². The first-order valence-corrected chi connectivity index (χ1v) is 8.34. The number of sulfone groups is 1. The molecule has 1 aliphatic carbocycles. The molecule has 20 heavy (non-hydrogen) atoms. The van der Waals surface area contributed by atoms with E-state index in [-0.39, 0.29) is 4.90 Å². The fourth-order valence-corrected chi connectivity index (χ4v) is 3.06. The average Bonchev–Trinajstić information content (AvgIpc) is 3.23. The van der Waals surface area contributed by atoms with Crippen LogP contribution < -0.4 is 5.32 Å². The molecule has 0 heterocycles. The van der Waals surface area contributed by atoms with E-state index < -0.39 is 15.6 Å². The quantitative estimate of drug-likeness (QED) is 0.842.